The van der Waals surface area contributed by atoms with Gasteiger partial charge in [-0.25, -0.2) is 8.78 Å². The maximum Gasteiger partial charge on any atom is 0.168 e. The first-order valence-electron chi connectivity index (χ1n) is 4.41. The van der Waals surface area contributed by atoms with E-state index >= 15 is 0 Å². The lowest BCUT2D eigenvalue weighted by Crippen LogP contribution is -1.98. The molecule has 0 amide bonds. The minimum Gasteiger partial charge on any atom is -0.323 e. The third-order valence-electron chi connectivity index (χ3n) is 2.57. The Labute approximate surface area is 79.3 Å². The van der Waals surface area contributed by atoms with Crippen molar-refractivity contribution in [2.75, 3.05) is 0 Å². The standard InChI is InChI=1S/C11H7F2N/c12-9-6-7-2-1-4-14-5-3-8(10(9)13)11(7)14/h1,3-6H,2H2. The molecule has 3 rings (SSSR count). The molecule has 14 heavy (non-hydrogen) atoms. The van der Waals surface area contributed by atoms with Crippen molar-refractivity contribution in [1.29, 1.82) is 0 Å². The van der Waals surface area contributed by atoms with E-state index in [1.165, 1.54) is 6.07 Å². The van der Waals surface area contributed by atoms with E-state index in [0.29, 0.717) is 11.8 Å². The van der Waals surface area contributed by atoms with Crippen LogP contribution >= 0.6 is 0 Å². The molecular weight excluding hydrogens is 184 g/mol. The lowest BCUT2D eigenvalue weighted by molar-refractivity contribution is 0.516. The van der Waals surface area contributed by atoms with Crippen molar-refractivity contribution >= 4 is 17.1 Å². The second-order valence-corrected chi connectivity index (χ2v) is 3.41. The Morgan fingerprint density at radius 3 is 3.00 bits per heavy atom. The first kappa shape index (κ1) is 7.74. The molecule has 0 aliphatic carbocycles. The molecule has 2 aromatic rings. The van der Waals surface area contributed by atoms with Gasteiger partial charge in [0.05, 0.1) is 5.52 Å². The van der Waals surface area contributed by atoms with Gasteiger partial charge < -0.3 is 4.57 Å². The van der Waals surface area contributed by atoms with Gasteiger partial charge in [0.15, 0.2) is 11.6 Å². The molecule has 0 atom stereocenters. The predicted octanol–water partition coefficient (Wildman–Crippen LogP) is 2.95. The van der Waals surface area contributed by atoms with Crippen molar-refractivity contribution in [2.45, 2.75) is 6.42 Å². The summed E-state index contributed by atoms with van der Waals surface area (Å²) in [5.41, 5.74) is 1.62. The Hall–Kier alpha value is -1.64. The van der Waals surface area contributed by atoms with Gasteiger partial charge in [0.25, 0.3) is 0 Å². The van der Waals surface area contributed by atoms with Gasteiger partial charge in [-0.2, -0.15) is 0 Å². The highest BCUT2D eigenvalue weighted by Crippen LogP contribution is 2.28. The summed E-state index contributed by atoms with van der Waals surface area (Å²) in [4.78, 5) is 0. The average molecular weight is 191 g/mol. The van der Waals surface area contributed by atoms with Gasteiger partial charge in [-0.1, -0.05) is 6.08 Å². The first-order chi connectivity index (χ1) is 6.77. The van der Waals surface area contributed by atoms with Crippen LogP contribution in [0.3, 0.4) is 0 Å². The molecule has 0 fully saturated rings. The summed E-state index contributed by atoms with van der Waals surface area (Å²) in [6, 6.07) is 2.88. The van der Waals surface area contributed by atoms with Gasteiger partial charge in [0.1, 0.15) is 0 Å². The molecule has 1 aliphatic rings. The largest absolute Gasteiger partial charge is 0.323 e. The van der Waals surface area contributed by atoms with Crippen molar-refractivity contribution < 1.29 is 8.78 Å². The normalized spacial score (nSPS) is 13.9. The SMILES string of the molecule is Fc1cc2c3c(ccn3C=CC2)c1F. The van der Waals surface area contributed by atoms with E-state index in [2.05, 4.69) is 0 Å². The van der Waals surface area contributed by atoms with Crippen molar-refractivity contribution in [3.63, 3.8) is 0 Å². The molecule has 0 unspecified atom stereocenters. The number of nitrogens with zero attached hydrogens (tertiary/aromatic N) is 1. The van der Waals surface area contributed by atoms with Crippen LogP contribution in [0.25, 0.3) is 17.1 Å². The van der Waals surface area contributed by atoms with Crippen LogP contribution in [0.4, 0.5) is 8.78 Å². The van der Waals surface area contributed by atoms with E-state index in [4.69, 9.17) is 0 Å². The van der Waals surface area contributed by atoms with Crippen LogP contribution in [0, 0.1) is 11.6 Å². The highest BCUT2D eigenvalue weighted by atomic mass is 19.2. The van der Waals surface area contributed by atoms with Crippen molar-refractivity contribution in [2.24, 2.45) is 0 Å². The second-order valence-electron chi connectivity index (χ2n) is 3.41. The Morgan fingerprint density at radius 2 is 2.14 bits per heavy atom. The van der Waals surface area contributed by atoms with Gasteiger partial charge in [-0.3, -0.25) is 0 Å². The highest BCUT2D eigenvalue weighted by molar-refractivity contribution is 5.87. The second kappa shape index (κ2) is 2.44. The average Bonchev–Trinajstić information content (AvgIpc) is 2.60. The fourth-order valence-electron chi connectivity index (χ4n) is 1.95. The zero-order valence-corrected chi connectivity index (χ0v) is 7.30. The summed E-state index contributed by atoms with van der Waals surface area (Å²) < 4.78 is 28.3. The lowest BCUT2D eigenvalue weighted by Gasteiger charge is -2.10. The molecule has 1 aliphatic heterocycles. The fraction of sp³-hybridized carbons (Fsp3) is 0.0909. The topological polar surface area (TPSA) is 4.93 Å². The van der Waals surface area contributed by atoms with Crippen molar-refractivity contribution in [1.82, 2.24) is 4.57 Å². The number of aromatic nitrogens is 1. The first-order valence-corrected chi connectivity index (χ1v) is 4.41. The van der Waals surface area contributed by atoms with Crippen LogP contribution in [-0.4, -0.2) is 4.57 Å². The molecule has 0 saturated carbocycles. The van der Waals surface area contributed by atoms with E-state index in [-0.39, 0.29) is 0 Å². The van der Waals surface area contributed by atoms with Gasteiger partial charge in [-0.15, -0.1) is 0 Å². The maximum atomic E-state index is 13.3. The number of allylic oxidation sites excluding steroid dienone is 1. The number of hydrogen-bond donors (Lipinski definition) is 0. The summed E-state index contributed by atoms with van der Waals surface area (Å²) in [5.74, 6) is -1.52. The van der Waals surface area contributed by atoms with Crippen LogP contribution in [0.5, 0.6) is 0 Å². The Kier molecular flexibility index (Phi) is 1.35. The Morgan fingerprint density at radius 1 is 1.29 bits per heavy atom. The Bertz CT molecular complexity index is 552. The molecule has 1 aromatic carbocycles. The quantitative estimate of drug-likeness (QED) is 0.603. The van der Waals surface area contributed by atoms with Gasteiger partial charge in [0.2, 0.25) is 0 Å². The number of hydrogen-bond acceptors (Lipinski definition) is 0. The van der Waals surface area contributed by atoms with Crippen LogP contribution in [0.2, 0.25) is 0 Å². The smallest absolute Gasteiger partial charge is 0.168 e. The zero-order valence-electron chi connectivity index (χ0n) is 7.30. The molecular formula is C11H7F2N. The van der Waals surface area contributed by atoms with Crippen molar-refractivity contribution in [3.05, 3.63) is 41.6 Å². The molecule has 0 bridgehead atoms. The number of benzene rings is 1. The molecule has 0 spiro atoms. The maximum absolute atomic E-state index is 13.3. The molecule has 3 heteroatoms. The molecule has 0 radical (unpaired) electrons. The van der Waals surface area contributed by atoms with E-state index in [1.807, 2.05) is 16.8 Å². The van der Waals surface area contributed by atoms with Crippen LogP contribution < -0.4 is 0 Å². The summed E-state index contributed by atoms with van der Waals surface area (Å²) in [7, 11) is 0. The zero-order chi connectivity index (χ0) is 9.71. The fourth-order valence-corrected chi connectivity index (χ4v) is 1.95. The third kappa shape index (κ3) is 0.816. The van der Waals surface area contributed by atoms with E-state index in [9.17, 15) is 8.78 Å². The van der Waals surface area contributed by atoms with Crippen LogP contribution in [0.15, 0.2) is 24.4 Å². The molecule has 1 aromatic heterocycles. The summed E-state index contributed by atoms with van der Waals surface area (Å²) in [6.45, 7) is 0. The monoisotopic (exact) mass is 191 g/mol. The van der Waals surface area contributed by atoms with E-state index in [0.717, 1.165) is 11.1 Å². The minimum absolute atomic E-state index is 0.365. The highest BCUT2D eigenvalue weighted by Gasteiger charge is 2.15. The molecule has 1 nitrogen and oxygen atoms in total. The summed E-state index contributed by atoms with van der Waals surface area (Å²) in [5, 5.41) is 0.365. The minimum atomic E-state index is -0.763. The summed E-state index contributed by atoms with van der Waals surface area (Å²) >= 11 is 0. The molecule has 0 N–H and O–H groups in total. The summed E-state index contributed by atoms with van der Waals surface area (Å²) in [6.07, 6.45) is 6.20. The third-order valence-corrected chi connectivity index (χ3v) is 2.57. The predicted molar refractivity (Wildman–Crippen MR) is 50.9 cm³/mol. The van der Waals surface area contributed by atoms with Crippen LogP contribution in [0.1, 0.15) is 5.56 Å². The lowest BCUT2D eigenvalue weighted by atomic mass is 10.1. The number of halogens is 2. The van der Waals surface area contributed by atoms with Gasteiger partial charge >= 0.3 is 0 Å². The van der Waals surface area contributed by atoms with E-state index < -0.39 is 11.6 Å². The number of rotatable bonds is 0. The Balaban J connectivity index is 2.55. The van der Waals surface area contributed by atoms with Gasteiger partial charge in [-0.05, 0) is 24.1 Å². The van der Waals surface area contributed by atoms with Gasteiger partial charge in [0, 0.05) is 17.8 Å². The van der Waals surface area contributed by atoms with E-state index in [1.54, 1.807) is 12.3 Å². The molecule has 2 heterocycles. The van der Waals surface area contributed by atoms with Crippen LogP contribution in [-0.2, 0) is 6.42 Å². The van der Waals surface area contributed by atoms with Crippen molar-refractivity contribution in [3.8, 4) is 0 Å². The molecule has 0 saturated heterocycles. The molecule has 70 valence electrons.